The van der Waals surface area contributed by atoms with E-state index < -0.39 is 12.0 Å². The van der Waals surface area contributed by atoms with Gasteiger partial charge in [0.05, 0.1) is 27.1 Å². The van der Waals surface area contributed by atoms with Gasteiger partial charge in [-0.1, -0.05) is 22.9 Å². The molecule has 0 fully saturated rings. The molecular weight excluding hydrogens is 336 g/mol. The van der Waals surface area contributed by atoms with Crippen molar-refractivity contribution in [3.05, 3.63) is 39.6 Å². The predicted molar refractivity (Wildman–Crippen MR) is 73.4 cm³/mol. The maximum Gasteiger partial charge on any atom is 0.320 e. The number of aromatic nitrogens is 3. The number of rotatable bonds is 4. The van der Waals surface area contributed by atoms with E-state index in [0.29, 0.717) is 15.2 Å². The van der Waals surface area contributed by atoms with E-state index in [1.165, 1.54) is 4.68 Å². The van der Waals surface area contributed by atoms with E-state index in [4.69, 9.17) is 22.4 Å². The molecule has 0 aliphatic carbocycles. The second kappa shape index (κ2) is 5.68. The van der Waals surface area contributed by atoms with Crippen LogP contribution in [0.5, 0.6) is 0 Å². The number of hydrogen-bond donors (Lipinski definition) is 2. The molecule has 1 aromatic heterocycles. The molecule has 19 heavy (non-hydrogen) atoms. The van der Waals surface area contributed by atoms with Crippen molar-refractivity contribution in [1.82, 2.24) is 15.0 Å². The van der Waals surface area contributed by atoms with Crippen molar-refractivity contribution < 1.29 is 9.90 Å². The van der Waals surface area contributed by atoms with Crippen LogP contribution in [0.25, 0.3) is 5.69 Å². The highest BCUT2D eigenvalue weighted by Crippen LogP contribution is 2.28. The highest BCUT2D eigenvalue weighted by Gasteiger charge is 2.15. The van der Waals surface area contributed by atoms with Crippen molar-refractivity contribution in [3.8, 4) is 5.69 Å². The Morgan fingerprint density at radius 3 is 3.00 bits per heavy atom. The monoisotopic (exact) mass is 344 g/mol. The van der Waals surface area contributed by atoms with Crippen molar-refractivity contribution in [3.63, 3.8) is 0 Å². The van der Waals surface area contributed by atoms with Gasteiger partial charge in [-0.2, -0.15) is 0 Å². The molecule has 1 heterocycles. The standard InChI is InChI=1S/C11H10BrClN4O2/c12-10-7(13)2-1-3-9(10)17-5-6(15-16-17)4-8(14)11(18)19/h1-3,5,8H,4,14H2,(H,18,19). The Balaban J connectivity index is 2.26. The van der Waals surface area contributed by atoms with Gasteiger partial charge in [-0.15, -0.1) is 5.10 Å². The van der Waals surface area contributed by atoms with Gasteiger partial charge in [-0.25, -0.2) is 4.68 Å². The lowest BCUT2D eigenvalue weighted by molar-refractivity contribution is -0.138. The van der Waals surface area contributed by atoms with Crippen LogP contribution in [-0.2, 0) is 11.2 Å². The molecule has 3 N–H and O–H groups in total. The van der Waals surface area contributed by atoms with Crippen LogP contribution < -0.4 is 5.73 Å². The molecule has 0 radical (unpaired) electrons. The Hall–Kier alpha value is -1.44. The van der Waals surface area contributed by atoms with E-state index in [1.54, 1.807) is 18.3 Å². The average molecular weight is 346 g/mol. The summed E-state index contributed by atoms with van der Waals surface area (Å²) in [6, 6.07) is 4.35. The molecule has 6 nitrogen and oxygen atoms in total. The van der Waals surface area contributed by atoms with Gasteiger partial charge < -0.3 is 10.8 Å². The summed E-state index contributed by atoms with van der Waals surface area (Å²) in [7, 11) is 0. The highest BCUT2D eigenvalue weighted by atomic mass is 79.9. The zero-order valence-corrected chi connectivity index (χ0v) is 12.0. The Labute approximate surface area is 122 Å². The molecule has 8 heteroatoms. The smallest absolute Gasteiger partial charge is 0.320 e. The maximum atomic E-state index is 10.7. The molecule has 0 saturated carbocycles. The third-order valence-electron chi connectivity index (χ3n) is 2.47. The molecular formula is C11H10BrClN4O2. The average Bonchev–Trinajstić information content (AvgIpc) is 2.81. The number of nitrogens with two attached hydrogens (primary N) is 1. The molecule has 1 unspecified atom stereocenters. The minimum Gasteiger partial charge on any atom is -0.480 e. The summed E-state index contributed by atoms with van der Waals surface area (Å²) in [5.41, 5.74) is 6.66. The normalized spacial score (nSPS) is 12.4. The number of aliphatic carboxylic acids is 1. The van der Waals surface area contributed by atoms with E-state index in [9.17, 15) is 4.79 Å². The predicted octanol–water partition coefficient (Wildman–Crippen LogP) is 1.64. The molecule has 2 aromatic rings. The van der Waals surface area contributed by atoms with Crippen LogP contribution in [-0.4, -0.2) is 32.1 Å². The topological polar surface area (TPSA) is 94.0 Å². The fourth-order valence-corrected chi connectivity index (χ4v) is 2.11. The van der Waals surface area contributed by atoms with Crippen LogP contribution in [0.3, 0.4) is 0 Å². The van der Waals surface area contributed by atoms with Crippen molar-refractivity contribution in [2.45, 2.75) is 12.5 Å². The number of halogens is 2. The van der Waals surface area contributed by atoms with Gasteiger partial charge in [0.25, 0.3) is 0 Å². The Bertz CT molecular complexity index is 616. The van der Waals surface area contributed by atoms with Crippen molar-refractivity contribution in [2.75, 3.05) is 0 Å². The molecule has 1 atom stereocenters. The first-order valence-electron chi connectivity index (χ1n) is 5.33. The minimum atomic E-state index is -1.07. The van der Waals surface area contributed by atoms with Gasteiger partial charge in [-0.05, 0) is 28.1 Å². The van der Waals surface area contributed by atoms with E-state index >= 15 is 0 Å². The highest BCUT2D eigenvalue weighted by molar-refractivity contribution is 9.10. The molecule has 0 aliphatic rings. The van der Waals surface area contributed by atoms with Gasteiger partial charge >= 0.3 is 5.97 Å². The van der Waals surface area contributed by atoms with Gasteiger partial charge in [0.1, 0.15) is 6.04 Å². The minimum absolute atomic E-state index is 0.119. The molecule has 0 saturated heterocycles. The summed E-state index contributed by atoms with van der Waals surface area (Å²) < 4.78 is 2.20. The number of carbonyl (C=O) groups is 1. The first-order chi connectivity index (χ1) is 8.99. The van der Waals surface area contributed by atoms with Gasteiger partial charge in [0.2, 0.25) is 0 Å². The lowest BCUT2D eigenvalue weighted by Crippen LogP contribution is -2.32. The van der Waals surface area contributed by atoms with Crippen molar-refractivity contribution in [2.24, 2.45) is 5.73 Å². The first-order valence-corrected chi connectivity index (χ1v) is 6.50. The van der Waals surface area contributed by atoms with Crippen LogP contribution in [0.4, 0.5) is 0 Å². The van der Waals surface area contributed by atoms with E-state index in [1.807, 2.05) is 6.07 Å². The van der Waals surface area contributed by atoms with Gasteiger partial charge in [-0.3, -0.25) is 4.79 Å². The fourth-order valence-electron chi connectivity index (χ4n) is 1.49. The number of nitrogens with zero attached hydrogens (tertiary/aromatic N) is 3. The summed E-state index contributed by atoms with van der Waals surface area (Å²) in [6.07, 6.45) is 1.74. The van der Waals surface area contributed by atoms with Gasteiger partial charge in [0, 0.05) is 6.42 Å². The SMILES string of the molecule is NC(Cc1cn(-c2cccc(Cl)c2Br)nn1)C(=O)O. The lowest BCUT2D eigenvalue weighted by Gasteiger charge is -2.04. The number of carboxylic acid groups (broad SMARTS) is 1. The van der Waals surface area contributed by atoms with Gasteiger partial charge in [0.15, 0.2) is 0 Å². The summed E-state index contributed by atoms with van der Waals surface area (Å²) in [5, 5.41) is 17.1. The van der Waals surface area contributed by atoms with Crippen molar-refractivity contribution >= 4 is 33.5 Å². The Morgan fingerprint density at radius 2 is 2.32 bits per heavy atom. The third-order valence-corrected chi connectivity index (χ3v) is 3.84. The van der Waals surface area contributed by atoms with Crippen LogP contribution in [0, 0.1) is 0 Å². The fraction of sp³-hybridized carbons (Fsp3) is 0.182. The van der Waals surface area contributed by atoms with E-state index in [-0.39, 0.29) is 6.42 Å². The van der Waals surface area contributed by atoms with Crippen LogP contribution in [0.15, 0.2) is 28.9 Å². The van der Waals surface area contributed by atoms with E-state index in [2.05, 4.69) is 26.2 Å². The zero-order valence-electron chi connectivity index (χ0n) is 9.62. The Morgan fingerprint density at radius 1 is 1.58 bits per heavy atom. The largest absolute Gasteiger partial charge is 0.480 e. The number of hydrogen-bond acceptors (Lipinski definition) is 4. The first kappa shape index (κ1) is 14.0. The van der Waals surface area contributed by atoms with Crippen LogP contribution in [0.2, 0.25) is 5.02 Å². The molecule has 100 valence electrons. The quantitative estimate of drug-likeness (QED) is 0.878. The summed E-state index contributed by atoms with van der Waals surface area (Å²) >= 11 is 9.35. The van der Waals surface area contributed by atoms with E-state index in [0.717, 1.165) is 5.69 Å². The van der Waals surface area contributed by atoms with Crippen molar-refractivity contribution in [1.29, 1.82) is 0 Å². The second-order valence-corrected chi connectivity index (χ2v) is 5.08. The molecule has 0 aliphatic heterocycles. The maximum absolute atomic E-state index is 10.7. The number of carboxylic acids is 1. The molecule has 0 bridgehead atoms. The molecule has 0 amide bonds. The summed E-state index contributed by atoms with van der Waals surface area (Å²) in [4.78, 5) is 10.7. The van der Waals surface area contributed by atoms with Crippen LogP contribution >= 0.6 is 27.5 Å². The zero-order chi connectivity index (χ0) is 14.0. The molecule has 1 aromatic carbocycles. The third kappa shape index (κ3) is 3.12. The molecule has 0 spiro atoms. The second-order valence-electron chi connectivity index (χ2n) is 3.88. The number of benzene rings is 1. The summed E-state index contributed by atoms with van der Waals surface area (Å²) in [5.74, 6) is -1.07. The van der Waals surface area contributed by atoms with Crippen LogP contribution in [0.1, 0.15) is 5.69 Å². The molecule has 2 rings (SSSR count). The summed E-state index contributed by atoms with van der Waals surface area (Å²) in [6.45, 7) is 0. The lowest BCUT2D eigenvalue weighted by atomic mass is 10.2. The Kier molecular flexibility index (Phi) is 4.18.